The van der Waals surface area contributed by atoms with Crippen LogP contribution in [-0.2, 0) is 14.3 Å². The Labute approximate surface area is 187 Å². The Bertz CT molecular complexity index is 638. The molecule has 0 spiro atoms. The highest BCUT2D eigenvalue weighted by Crippen LogP contribution is 2.36. The number of ether oxygens (including phenoxy) is 2. The molecule has 0 aromatic carbocycles. The molecule has 0 bridgehead atoms. The third kappa shape index (κ3) is 9.60. The first kappa shape index (κ1) is 25.6. The van der Waals surface area contributed by atoms with Crippen LogP contribution in [0, 0.1) is 29.6 Å². The van der Waals surface area contributed by atoms with Gasteiger partial charge in [0.25, 0.3) is 0 Å². The Balaban J connectivity index is 1.94. The lowest BCUT2D eigenvalue weighted by molar-refractivity contribution is -0.186. The summed E-state index contributed by atoms with van der Waals surface area (Å²) in [5, 5.41) is 19.2. The van der Waals surface area contributed by atoms with Crippen LogP contribution in [0.1, 0.15) is 78.1 Å². The molecule has 0 aromatic rings. The van der Waals surface area contributed by atoms with Gasteiger partial charge in [0.2, 0.25) is 0 Å². The van der Waals surface area contributed by atoms with Crippen LogP contribution < -0.4 is 0 Å². The first-order chi connectivity index (χ1) is 15.0. The molecule has 0 amide bonds. The minimum atomic E-state index is -0.751. The minimum Gasteiger partial charge on any atom is -0.481 e. The van der Waals surface area contributed by atoms with E-state index in [1.54, 1.807) is 0 Å². The average molecular weight is 433 g/mol. The maximum atomic E-state index is 10.6. The fourth-order valence-electron chi connectivity index (χ4n) is 4.38. The summed E-state index contributed by atoms with van der Waals surface area (Å²) in [5.41, 5.74) is 0. The van der Waals surface area contributed by atoms with E-state index in [-0.39, 0.29) is 36.8 Å². The first-order valence-corrected chi connectivity index (χ1v) is 11.9. The molecule has 0 aromatic heterocycles. The van der Waals surface area contributed by atoms with E-state index in [0.717, 1.165) is 58.0 Å². The molecule has 1 heterocycles. The number of aliphatic hydroxyl groups excluding tert-OH is 1. The number of carboxylic acids is 1. The van der Waals surface area contributed by atoms with Crippen molar-refractivity contribution in [3.05, 3.63) is 24.3 Å². The molecule has 6 atom stereocenters. The minimum absolute atomic E-state index is 0.0473. The van der Waals surface area contributed by atoms with Gasteiger partial charge in [0, 0.05) is 19.4 Å². The van der Waals surface area contributed by atoms with Crippen molar-refractivity contribution >= 4 is 5.97 Å². The lowest BCUT2D eigenvalue weighted by Crippen LogP contribution is -2.30. The summed E-state index contributed by atoms with van der Waals surface area (Å²) in [5.74, 6) is 6.19. The first-order valence-electron chi connectivity index (χ1n) is 11.9. The van der Waals surface area contributed by atoms with Gasteiger partial charge >= 0.3 is 5.97 Å². The zero-order valence-corrected chi connectivity index (χ0v) is 19.2. The van der Waals surface area contributed by atoms with Crippen LogP contribution in [0.4, 0.5) is 0 Å². The largest absolute Gasteiger partial charge is 0.481 e. The van der Waals surface area contributed by atoms with Crippen molar-refractivity contribution in [2.75, 3.05) is 6.61 Å². The number of hydrogen-bond donors (Lipinski definition) is 2. The molecule has 2 fully saturated rings. The van der Waals surface area contributed by atoms with Gasteiger partial charge in [0.15, 0.2) is 6.29 Å². The topological polar surface area (TPSA) is 76.0 Å². The lowest BCUT2D eigenvalue weighted by Gasteiger charge is -2.29. The standard InChI is InChI=1S/C26H40O5/c1-3-4-11-20(2)24(31-26-14-9-10-19-30-26)18-16-21-15-17-23(27)22(21)12-7-5-6-8-13-25(28)29/h5,7,16,18,20-24,26-27H,6,8-15,17,19H2,1-2H3,(H,28,29)/t20?,21-,22-,23+,24-,26?/m1/s1. The summed E-state index contributed by atoms with van der Waals surface area (Å²) in [6, 6.07) is 0. The van der Waals surface area contributed by atoms with Gasteiger partial charge in [-0.2, -0.15) is 0 Å². The highest BCUT2D eigenvalue weighted by Gasteiger charge is 2.33. The Morgan fingerprint density at radius 1 is 1.26 bits per heavy atom. The van der Waals surface area contributed by atoms with Gasteiger partial charge < -0.3 is 19.7 Å². The van der Waals surface area contributed by atoms with Crippen molar-refractivity contribution in [2.24, 2.45) is 17.8 Å². The molecule has 0 radical (unpaired) electrons. The van der Waals surface area contributed by atoms with Crippen LogP contribution >= 0.6 is 0 Å². The summed E-state index contributed by atoms with van der Waals surface area (Å²) in [7, 11) is 0. The van der Waals surface area contributed by atoms with Crippen molar-refractivity contribution in [2.45, 2.75) is 96.6 Å². The van der Waals surface area contributed by atoms with Crippen molar-refractivity contribution in [3.63, 3.8) is 0 Å². The van der Waals surface area contributed by atoms with E-state index in [0.29, 0.717) is 12.3 Å². The molecule has 2 aliphatic rings. The zero-order chi connectivity index (χ0) is 22.5. The molecule has 2 unspecified atom stereocenters. The van der Waals surface area contributed by atoms with Crippen LogP contribution in [-0.4, -0.2) is 41.3 Å². The zero-order valence-electron chi connectivity index (χ0n) is 19.2. The second-order valence-electron chi connectivity index (χ2n) is 8.86. The Morgan fingerprint density at radius 2 is 2.10 bits per heavy atom. The van der Waals surface area contributed by atoms with Crippen LogP contribution in [0.2, 0.25) is 0 Å². The number of carbonyl (C=O) groups is 1. The molecule has 1 aliphatic carbocycles. The van der Waals surface area contributed by atoms with E-state index in [4.69, 9.17) is 14.6 Å². The summed E-state index contributed by atoms with van der Waals surface area (Å²) in [4.78, 5) is 10.6. The van der Waals surface area contributed by atoms with Crippen LogP contribution in [0.25, 0.3) is 0 Å². The van der Waals surface area contributed by atoms with Crippen LogP contribution in [0.5, 0.6) is 0 Å². The second kappa shape index (κ2) is 14.5. The third-order valence-electron chi connectivity index (χ3n) is 6.33. The van der Waals surface area contributed by atoms with Gasteiger partial charge in [-0.15, -0.1) is 11.8 Å². The molecule has 5 heteroatoms. The summed E-state index contributed by atoms with van der Waals surface area (Å²) in [6.07, 6.45) is 16.3. The molecule has 1 saturated heterocycles. The molecule has 2 rings (SSSR count). The molecular weight excluding hydrogens is 392 g/mol. The average Bonchev–Trinajstić information content (AvgIpc) is 3.11. The number of allylic oxidation sites excluding steroid dienone is 3. The predicted octanol–water partition coefficient (Wildman–Crippen LogP) is 5.09. The Kier molecular flexibility index (Phi) is 12.0. The molecule has 1 saturated carbocycles. The SMILES string of the molecule is CC#CCC(C)[C@@H](C=C[C@H]1CC[C@H](O)[C@@H]1CC=CCCCC(=O)O)OC1CCCCO1. The summed E-state index contributed by atoms with van der Waals surface area (Å²) < 4.78 is 12.1. The normalized spacial score (nSPS) is 28.5. The maximum Gasteiger partial charge on any atom is 0.303 e. The van der Waals surface area contributed by atoms with Crippen molar-refractivity contribution in [1.82, 2.24) is 0 Å². The number of aliphatic hydroxyl groups is 1. The number of aliphatic carboxylic acids is 1. The van der Waals surface area contributed by atoms with E-state index in [1.807, 2.05) is 13.0 Å². The van der Waals surface area contributed by atoms with Gasteiger partial charge in [-0.05, 0) is 76.0 Å². The Hall–Kier alpha value is -1.61. The van der Waals surface area contributed by atoms with E-state index in [1.165, 1.54) is 0 Å². The fraction of sp³-hybridized carbons (Fsp3) is 0.731. The lowest BCUT2D eigenvalue weighted by atomic mass is 9.89. The molecule has 174 valence electrons. The highest BCUT2D eigenvalue weighted by atomic mass is 16.7. The van der Waals surface area contributed by atoms with Gasteiger partial charge in [-0.1, -0.05) is 31.2 Å². The Morgan fingerprint density at radius 3 is 2.81 bits per heavy atom. The number of carboxylic acid groups (broad SMARTS) is 1. The van der Waals surface area contributed by atoms with Crippen molar-refractivity contribution in [3.8, 4) is 11.8 Å². The monoisotopic (exact) mass is 432 g/mol. The molecule has 1 aliphatic heterocycles. The summed E-state index contributed by atoms with van der Waals surface area (Å²) >= 11 is 0. The second-order valence-corrected chi connectivity index (χ2v) is 8.86. The van der Waals surface area contributed by atoms with Crippen molar-refractivity contribution in [1.29, 1.82) is 0 Å². The maximum absolute atomic E-state index is 10.6. The van der Waals surface area contributed by atoms with Gasteiger partial charge in [-0.25, -0.2) is 0 Å². The van der Waals surface area contributed by atoms with Crippen LogP contribution in [0.15, 0.2) is 24.3 Å². The van der Waals surface area contributed by atoms with E-state index >= 15 is 0 Å². The number of unbranched alkanes of at least 4 members (excludes halogenated alkanes) is 1. The van der Waals surface area contributed by atoms with E-state index < -0.39 is 5.97 Å². The number of rotatable bonds is 12. The van der Waals surface area contributed by atoms with E-state index in [9.17, 15) is 9.90 Å². The van der Waals surface area contributed by atoms with E-state index in [2.05, 4.69) is 37.0 Å². The molecule has 2 N–H and O–H groups in total. The smallest absolute Gasteiger partial charge is 0.303 e. The summed E-state index contributed by atoms with van der Waals surface area (Å²) in [6.45, 7) is 4.80. The third-order valence-corrected chi connectivity index (χ3v) is 6.33. The van der Waals surface area contributed by atoms with Gasteiger partial charge in [0.1, 0.15) is 0 Å². The number of hydrogen-bond acceptors (Lipinski definition) is 4. The van der Waals surface area contributed by atoms with Crippen molar-refractivity contribution < 1.29 is 24.5 Å². The van der Waals surface area contributed by atoms with Crippen LogP contribution in [0.3, 0.4) is 0 Å². The molecular formula is C26H40O5. The fourth-order valence-corrected chi connectivity index (χ4v) is 4.38. The molecule has 5 nitrogen and oxygen atoms in total. The molecule has 31 heavy (non-hydrogen) atoms. The van der Waals surface area contributed by atoms with Gasteiger partial charge in [0.05, 0.1) is 12.2 Å². The predicted molar refractivity (Wildman–Crippen MR) is 122 cm³/mol. The highest BCUT2D eigenvalue weighted by molar-refractivity contribution is 5.66. The quantitative estimate of drug-likeness (QED) is 0.255. The van der Waals surface area contributed by atoms with Gasteiger partial charge in [-0.3, -0.25) is 4.79 Å².